The summed E-state index contributed by atoms with van der Waals surface area (Å²) in [6, 6.07) is 7.08. The molecule has 7 nitrogen and oxygen atoms in total. The molecule has 0 bridgehead atoms. The van der Waals surface area contributed by atoms with Crippen molar-refractivity contribution in [3.63, 3.8) is 0 Å². The maximum atomic E-state index is 13.1. The number of nitrogens with zero attached hydrogens (tertiary/aromatic N) is 3. The van der Waals surface area contributed by atoms with Crippen LogP contribution in [0.5, 0.6) is 11.6 Å². The predicted octanol–water partition coefficient (Wildman–Crippen LogP) is 3.04. The van der Waals surface area contributed by atoms with Gasteiger partial charge in [-0.1, -0.05) is 0 Å². The van der Waals surface area contributed by atoms with E-state index in [4.69, 9.17) is 10.5 Å². The Bertz CT molecular complexity index is 857. The van der Waals surface area contributed by atoms with Gasteiger partial charge in [-0.3, -0.25) is 9.59 Å². The molecule has 2 heterocycles. The lowest BCUT2D eigenvalue weighted by Gasteiger charge is -2.35. The Morgan fingerprint density at radius 1 is 1.21 bits per heavy atom. The van der Waals surface area contributed by atoms with Gasteiger partial charge in [-0.25, -0.2) is 9.37 Å². The molecule has 1 fully saturated rings. The number of hydrogen-bond acceptors (Lipinski definition) is 5. The van der Waals surface area contributed by atoms with Gasteiger partial charge in [0, 0.05) is 31.1 Å². The second kappa shape index (κ2) is 8.77. The van der Waals surface area contributed by atoms with Crippen molar-refractivity contribution in [3.05, 3.63) is 47.7 Å². The monoisotopic (exact) mass is 386 g/mol. The molecule has 1 aromatic heterocycles. The van der Waals surface area contributed by atoms with Crippen LogP contribution >= 0.6 is 0 Å². The van der Waals surface area contributed by atoms with Gasteiger partial charge in [0.1, 0.15) is 11.6 Å². The number of piperidine rings is 1. The molecule has 0 spiro atoms. The van der Waals surface area contributed by atoms with Gasteiger partial charge < -0.3 is 15.4 Å². The maximum Gasteiger partial charge on any atom is 0.223 e. The first-order valence-electron chi connectivity index (χ1n) is 9.29. The molecule has 3 rings (SSSR count). The summed E-state index contributed by atoms with van der Waals surface area (Å²) in [5.41, 5.74) is 5.87. The summed E-state index contributed by atoms with van der Waals surface area (Å²) in [4.78, 5) is 34.3. The lowest BCUT2D eigenvalue weighted by molar-refractivity contribution is -0.136. The van der Waals surface area contributed by atoms with E-state index in [1.54, 1.807) is 11.0 Å². The van der Waals surface area contributed by atoms with Crippen LogP contribution in [0.25, 0.3) is 0 Å². The lowest BCUT2D eigenvalue weighted by Crippen LogP contribution is -2.39. The van der Waals surface area contributed by atoms with Crippen LogP contribution in [0.15, 0.2) is 30.3 Å². The zero-order chi connectivity index (χ0) is 20.1. The summed E-state index contributed by atoms with van der Waals surface area (Å²) in [7, 11) is 0. The Kier molecular flexibility index (Phi) is 6.18. The van der Waals surface area contributed by atoms with Crippen LogP contribution in [0.1, 0.15) is 49.7 Å². The van der Waals surface area contributed by atoms with Crippen LogP contribution in [0.2, 0.25) is 0 Å². The molecule has 0 saturated carbocycles. The molecule has 1 atom stereocenters. The van der Waals surface area contributed by atoms with Crippen molar-refractivity contribution >= 4 is 11.8 Å². The maximum absolute atomic E-state index is 13.1. The fourth-order valence-electron chi connectivity index (χ4n) is 3.26. The van der Waals surface area contributed by atoms with E-state index in [1.165, 1.54) is 24.3 Å². The summed E-state index contributed by atoms with van der Waals surface area (Å²) in [6.07, 6.45) is 2.69. The fraction of sp³-hybridized carbons (Fsp3) is 0.400. The molecule has 2 amide bonds. The summed E-state index contributed by atoms with van der Waals surface area (Å²) in [5.74, 6) is 0.328. The van der Waals surface area contributed by atoms with E-state index < -0.39 is 5.91 Å². The Morgan fingerprint density at radius 2 is 1.96 bits per heavy atom. The van der Waals surface area contributed by atoms with Crippen LogP contribution in [0.3, 0.4) is 0 Å². The van der Waals surface area contributed by atoms with E-state index in [-0.39, 0.29) is 30.6 Å². The first kappa shape index (κ1) is 19.7. The number of ether oxygens (including phenoxy) is 1. The molecular formula is C20H23FN4O3. The highest BCUT2D eigenvalue weighted by atomic mass is 19.1. The van der Waals surface area contributed by atoms with E-state index in [0.717, 1.165) is 19.3 Å². The van der Waals surface area contributed by atoms with Gasteiger partial charge in [0.2, 0.25) is 17.7 Å². The molecule has 1 aliphatic heterocycles. The highest BCUT2D eigenvalue weighted by Crippen LogP contribution is 2.31. The summed E-state index contributed by atoms with van der Waals surface area (Å²) in [5, 5.41) is 0. The number of aryl methyl sites for hydroxylation is 1. The number of amides is 2. The smallest absolute Gasteiger partial charge is 0.223 e. The van der Waals surface area contributed by atoms with Crippen LogP contribution in [0.4, 0.5) is 4.39 Å². The summed E-state index contributed by atoms with van der Waals surface area (Å²) < 4.78 is 18.8. The van der Waals surface area contributed by atoms with Gasteiger partial charge >= 0.3 is 0 Å². The Hall–Kier alpha value is -3.03. The quantitative estimate of drug-likeness (QED) is 0.823. The van der Waals surface area contributed by atoms with E-state index in [0.29, 0.717) is 29.7 Å². The van der Waals surface area contributed by atoms with Crippen LogP contribution in [-0.4, -0.2) is 33.2 Å². The van der Waals surface area contributed by atoms with Crippen molar-refractivity contribution in [2.75, 3.05) is 6.54 Å². The van der Waals surface area contributed by atoms with Crippen molar-refractivity contribution in [2.45, 2.75) is 45.1 Å². The van der Waals surface area contributed by atoms with Crippen molar-refractivity contribution in [1.29, 1.82) is 0 Å². The van der Waals surface area contributed by atoms with Gasteiger partial charge in [-0.2, -0.15) is 4.98 Å². The average Bonchev–Trinajstić information content (AvgIpc) is 2.67. The molecule has 8 heteroatoms. The van der Waals surface area contributed by atoms with Crippen molar-refractivity contribution in [3.8, 4) is 11.6 Å². The van der Waals surface area contributed by atoms with Crippen LogP contribution < -0.4 is 10.5 Å². The molecule has 1 aromatic carbocycles. The second-order valence-electron chi connectivity index (χ2n) is 6.83. The molecule has 2 N–H and O–H groups in total. The zero-order valence-electron chi connectivity index (χ0n) is 15.7. The predicted molar refractivity (Wildman–Crippen MR) is 100.0 cm³/mol. The van der Waals surface area contributed by atoms with Crippen LogP contribution in [-0.2, 0) is 9.59 Å². The number of hydrogen-bond donors (Lipinski definition) is 1. The van der Waals surface area contributed by atoms with Gasteiger partial charge in [0.15, 0.2) is 5.82 Å². The number of halogens is 1. The third kappa shape index (κ3) is 5.03. The third-order valence-corrected chi connectivity index (χ3v) is 4.59. The fourth-order valence-corrected chi connectivity index (χ4v) is 3.26. The Labute approximate surface area is 162 Å². The minimum atomic E-state index is -0.497. The van der Waals surface area contributed by atoms with Gasteiger partial charge in [0.05, 0.1) is 6.04 Å². The number of rotatable bonds is 6. The molecule has 0 unspecified atom stereocenters. The zero-order valence-corrected chi connectivity index (χ0v) is 15.7. The number of likely N-dealkylation sites (tertiary alicyclic amines) is 1. The molecule has 1 aliphatic rings. The van der Waals surface area contributed by atoms with Gasteiger partial charge in [0.25, 0.3) is 0 Å². The minimum absolute atomic E-state index is 0.0235. The van der Waals surface area contributed by atoms with E-state index in [2.05, 4.69) is 9.97 Å². The first-order valence-corrected chi connectivity index (χ1v) is 9.29. The first-order chi connectivity index (χ1) is 13.4. The topological polar surface area (TPSA) is 98.4 Å². The van der Waals surface area contributed by atoms with E-state index >= 15 is 0 Å². The van der Waals surface area contributed by atoms with Crippen molar-refractivity contribution in [2.24, 2.45) is 5.73 Å². The molecule has 0 radical (unpaired) electrons. The largest absolute Gasteiger partial charge is 0.439 e. The molecular weight excluding hydrogens is 363 g/mol. The molecule has 1 saturated heterocycles. The van der Waals surface area contributed by atoms with Gasteiger partial charge in [-0.05, 0) is 50.5 Å². The number of benzene rings is 1. The molecule has 148 valence electrons. The Balaban J connectivity index is 1.81. The lowest BCUT2D eigenvalue weighted by atomic mass is 10.0. The highest BCUT2D eigenvalue weighted by Gasteiger charge is 2.30. The van der Waals surface area contributed by atoms with Gasteiger partial charge in [-0.15, -0.1) is 0 Å². The van der Waals surface area contributed by atoms with Crippen molar-refractivity contribution < 1.29 is 18.7 Å². The van der Waals surface area contributed by atoms with E-state index in [9.17, 15) is 14.0 Å². The van der Waals surface area contributed by atoms with Crippen molar-refractivity contribution in [1.82, 2.24) is 14.9 Å². The van der Waals surface area contributed by atoms with Crippen LogP contribution in [0, 0.1) is 12.7 Å². The van der Waals surface area contributed by atoms with E-state index in [1.807, 2.05) is 6.92 Å². The summed E-state index contributed by atoms with van der Waals surface area (Å²) in [6.45, 7) is 2.42. The third-order valence-electron chi connectivity index (χ3n) is 4.59. The number of carbonyl (C=O) groups is 2. The number of primary amides is 1. The number of carbonyl (C=O) groups excluding carboxylic acids is 2. The highest BCUT2D eigenvalue weighted by molar-refractivity contribution is 5.83. The molecule has 2 aromatic rings. The molecule has 28 heavy (non-hydrogen) atoms. The number of aromatic nitrogens is 2. The minimum Gasteiger partial charge on any atom is -0.439 e. The standard InChI is InChI=1S/C20H23FN4O3/c1-13-12-18(28-15-7-5-14(21)6-8-15)24-20(23-13)16-4-2-3-11-25(16)19(27)10-9-17(22)26/h5-8,12,16H,2-4,9-11H2,1H3,(H2,22,26)/t16-/m0/s1. The summed E-state index contributed by atoms with van der Waals surface area (Å²) >= 11 is 0. The SMILES string of the molecule is Cc1cc(Oc2ccc(F)cc2)nc([C@@H]2CCCCN2C(=O)CCC(N)=O)n1. The average molecular weight is 386 g/mol. The normalized spacial score (nSPS) is 16.6. The number of nitrogens with two attached hydrogens (primary N) is 1. The molecule has 0 aliphatic carbocycles. The Morgan fingerprint density at radius 3 is 2.68 bits per heavy atom. The second-order valence-corrected chi connectivity index (χ2v) is 6.83.